The molecule has 5 rings (SSSR count). The van der Waals surface area contributed by atoms with Crippen LogP contribution in [0.15, 0.2) is 60.3 Å². The first-order valence-corrected chi connectivity index (χ1v) is 8.42. The van der Waals surface area contributed by atoms with Crippen molar-refractivity contribution >= 4 is 16.7 Å². The number of H-pyrrole nitrogens is 1. The highest BCUT2D eigenvalue weighted by atomic mass is 16.1. The summed E-state index contributed by atoms with van der Waals surface area (Å²) in [5.74, 6) is 0.991. The van der Waals surface area contributed by atoms with Crippen molar-refractivity contribution in [3.63, 3.8) is 0 Å². The van der Waals surface area contributed by atoms with E-state index in [2.05, 4.69) is 30.0 Å². The van der Waals surface area contributed by atoms with Crippen LogP contribution < -0.4 is 5.56 Å². The molecule has 0 saturated heterocycles. The number of imidazole rings is 1. The number of nitrogens with one attached hydrogen (secondary N) is 1. The van der Waals surface area contributed by atoms with Gasteiger partial charge in [-0.1, -0.05) is 0 Å². The number of nitrogens with zero attached hydrogens (tertiary/aromatic N) is 7. The molecule has 0 bridgehead atoms. The average Bonchev–Trinajstić information content (AvgIpc) is 3.38. The minimum Gasteiger partial charge on any atom is -0.348 e. The zero-order valence-corrected chi connectivity index (χ0v) is 14.1. The van der Waals surface area contributed by atoms with Gasteiger partial charge in [0.05, 0.1) is 17.2 Å². The standard InChI is InChI=1S/C18H14N8O/c27-17-14-10-21-18-23-16(12-1-5-19-6-2-12)24-26(18)15(14)4-8-25(17)7-3-13-9-20-11-22-13/h1-2,4-6,8-11H,3,7H2,(H,20,22). The molecular formula is C18H14N8O. The largest absolute Gasteiger partial charge is 0.348 e. The van der Waals surface area contributed by atoms with Gasteiger partial charge in [0.25, 0.3) is 11.3 Å². The molecule has 0 aliphatic rings. The molecule has 9 heteroatoms. The summed E-state index contributed by atoms with van der Waals surface area (Å²) >= 11 is 0. The smallest absolute Gasteiger partial charge is 0.261 e. The maximum atomic E-state index is 12.8. The van der Waals surface area contributed by atoms with E-state index < -0.39 is 0 Å². The van der Waals surface area contributed by atoms with Gasteiger partial charge in [-0.25, -0.2) is 9.97 Å². The van der Waals surface area contributed by atoms with E-state index in [0.29, 0.717) is 35.5 Å². The molecule has 0 aliphatic carbocycles. The van der Waals surface area contributed by atoms with Gasteiger partial charge >= 0.3 is 0 Å². The molecule has 0 unspecified atom stereocenters. The quantitative estimate of drug-likeness (QED) is 0.521. The highest BCUT2D eigenvalue weighted by Crippen LogP contribution is 2.17. The Morgan fingerprint density at radius 1 is 1.07 bits per heavy atom. The van der Waals surface area contributed by atoms with E-state index in [0.717, 1.165) is 11.3 Å². The van der Waals surface area contributed by atoms with Gasteiger partial charge in [-0.2, -0.15) is 9.50 Å². The van der Waals surface area contributed by atoms with Gasteiger partial charge in [0.1, 0.15) is 0 Å². The third-order valence-electron chi connectivity index (χ3n) is 4.42. The molecule has 0 aliphatic heterocycles. The Bertz CT molecular complexity index is 1290. The first kappa shape index (κ1) is 15.4. The molecule has 0 aromatic carbocycles. The van der Waals surface area contributed by atoms with Gasteiger partial charge in [-0.3, -0.25) is 9.78 Å². The Morgan fingerprint density at radius 2 is 1.96 bits per heavy atom. The van der Waals surface area contributed by atoms with Gasteiger partial charge < -0.3 is 9.55 Å². The first-order valence-electron chi connectivity index (χ1n) is 8.42. The van der Waals surface area contributed by atoms with Crippen molar-refractivity contribution in [2.24, 2.45) is 0 Å². The zero-order valence-electron chi connectivity index (χ0n) is 14.1. The SMILES string of the molecule is O=c1c2cnc3nc(-c4ccncc4)nn3c2ccn1CCc1cnc[nH]1. The van der Waals surface area contributed by atoms with E-state index >= 15 is 0 Å². The Hall–Kier alpha value is -3.88. The molecule has 0 amide bonds. The fourth-order valence-corrected chi connectivity index (χ4v) is 3.02. The van der Waals surface area contributed by atoms with Crippen LogP contribution in [-0.4, -0.2) is 39.1 Å². The lowest BCUT2D eigenvalue weighted by atomic mass is 10.3. The van der Waals surface area contributed by atoms with E-state index in [-0.39, 0.29) is 5.56 Å². The van der Waals surface area contributed by atoms with Crippen LogP contribution in [0.3, 0.4) is 0 Å². The number of fused-ring (bicyclic) bond motifs is 3. The number of hydrogen-bond donors (Lipinski definition) is 1. The summed E-state index contributed by atoms with van der Waals surface area (Å²) in [5, 5.41) is 5.02. The minimum absolute atomic E-state index is 0.109. The fourth-order valence-electron chi connectivity index (χ4n) is 3.02. The molecule has 5 aromatic heterocycles. The Labute approximate surface area is 152 Å². The van der Waals surface area contributed by atoms with Crippen LogP contribution >= 0.6 is 0 Å². The van der Waals surface area contributed by atoms with Crippen LogP contribution in [0.25, 0.3) is 28.1 Å². The first-order chi connectivity index (χ1) is 13.3. The third-order valence-corrected chi connectivity index (χ3v) is 4.42. The summed E-state index contributed by atoms with van der Waals surface area (Å²) < 4.78 is 3.27. The average molecular weight is 358 g/mol. The van der Waals surface area contributed by atoms with Crippen LogP contribution in [0.4, 0.5) is 0 Å². The predicted octanol–water partition coefficient (Wildman–Crippen LogP) is 1.47. The van der Waals surface area contributed by atoms with Crippen molar-refractivity contribution in [3.05, 3.63) is 71.6 Å². The number of pyridine rings is 2. The highest BCUT2D eigenvalue weighted by molar-refractivity contribution is 5.79. The lowest BCUT2D eigenvalue weighted by Crippen LogP contribution is -2.21. The Morgan fingerprint density at radius 3 is 2.78 bits per heavy atom. The second kappa shape index (κ2) is 6.13. The highest BCUT2D eigenvalue weighted by Gasteiger charge is 2.12. The summed E-state index contributed by atoms with van der Waals surface area (Å²) in [4.78, 5) is 32.6. The molecule has 0 saturated carbocycles. The Balaban J connectivity index is 1.58. The van der Waals surface area contributed by atoms with Crippen molar-refractivity contribution in [3.8, 4) is 11.4 Å². The minimum atomic E-state index is -0.109. The van der Waals surface area contributed by atoms with Crippen LogP contribution in [0.2, 0.25) is 0 Å². The molecule has 0 spiro atoms. The maximum Gasteiger partial charge on any atom is 0.261 e. The van der Waals surface area contributed by atoms with Crippen LogP contribution in [0.5, 0.6) is 0 Å². The Kier molecular flexibility index (Phi) is 3.49. The summed E-state index contributed by atoms with van der Waals surface area (Å²) in [5.41, 5.74) is 2.39. The molecule has 0 radical (unpaired) electrons. The third kappa shape index (κ3) is 2.65. The fraction of sp³-hybridized carbons (Fsp3) is 0.111. The maximum absolute atomic E-state index is 12.8. The molecule has 9 nitrogen and oxygen atoms in total. The van der Waals surface area contributed by atoms with Crippen LogP contribution in [0, 0.1) is 0 Å². The topological polar surface area (TPSA) is 107 Å². The number of aromatic amines is 1. The molecule has 27 heavy (non-hydrogen) atoms. The van der Waals surface area contributed by atoms with Crippen molar-refractivity contribution in [2.75, 3.05) is 0 Å². The number of aromatic nitrogens is 8. The van der Waals surface area contributed by atoms with E-state index in [1.807, 2.05) is 18.2 Å². The number of aryl methyl sites for hydroxylation is 2. The molecule has 5 heterocycles. The summed E-state index contributed by atoms with van der Waals surface area (Å²) in [6, 6.07) is 5.53. The van der Waals surface area contributed by atoms with Crippen molar-refractivity contribution in [1.82, 2.24) is 39.1 Å². The van der Waals surface area contributed by atoms with Crippen LogP contribution in [-0.2, 0) is 13.0 Å². The summed E-state index contributed by atoms with van der Waals surface area (Å²) in [6.07, 6.45) is 10.8. The van der Waals surface area contributed by atoms with Gasteiger partial charge in [0, 0.05) is 55.2 Å². The van der Waals surface area contributed by atoms with Gasteiger partial charge in [-0.15, -0.1) is 5.10 Å². The predicted molar refractivity (Wildman–Crippen MR) is 98.1 cm³/mol. The second-order valence-corrected chi connectivity index (χ2v) is 6.08. The normalized spacial score (nSPS) is 11.4. The number of rotatable bonds is 4. The monoisotopic (exact) mass is 358 g/mol. The van der Waals surface area contributed by atoms with E-state index in [9.17, 15) is 4.79 Å². The number of hydrogen-bond acceptors (Lipinski definition) is 6. The van der Waals surface area contributed by atoms with Crippen molar-refractivity contribution in [1.29, 1.82) is 0 Å². The molecule has 1 N–H and O–H groups in total. The molecular weight excluding hydrogens is 344 g/mol. The van der Waals surface area contributed by atoms with Gasteiger partial charge in [0.2, 0.25) is 0 Å². The lowest BCUT2D eigenvalue weighted by molar-refractivity contribution is 0.666. The van der Waals surface area contributed by atoms with E-state index in [4.69, 9.17) is 0 Å². The van der Waals surface area contributed by atoms with Crippen LogP contribution in [0.1, 0.15) is 5.69 Å². The molecule has 0 atom stereocenters. The van der Waals surface area contributed by atoms with Crippen molar-refractivity contribution in [2.45, 2.75) is 13.0 Å². The van der Waals surface area contributed by atoms with E-state index in [1.54, 1.807) is 46.4 Å². The summed E-state index contributed by atoms with van der Waals surface area (Å²) in [7, 11) is 0. The van der Waals surface area contributed by atoms with E-state index in [1.165, 1.54) is 0 Å². The zero-order chi connectivity index (χ0) is 18.2. The lowest BCUT2D eigenvalue weighted by Gasteiger charge is -2.06. The molecule has 0 fully saturated rings. The van der Waals surface area contributed by atoms with Gasteiger partial charge in [-0.05, 0) is 18.2 Å². The molecule has 132 valence electrons. The second-order valence-electron chi connectivity index (χ2n) is 6.08. The van der Waals surface area contributed by atoms with Gasteiger partial charge in [0.15, 0.2) is 5.82 Å². The summed E-state index contributed by atoms with van der Waals surface area (Å²) in [6.45, 7) is 0.550. The molecule has 5 aromatic rings. The van der Waals surface area contributed by atoms with Crippen molar-refractivity contribution < 1.29 is 0 Å².